The third-order valence-electron chi connectivity index (χ3n) is 5.65. The number of allylic oxidation sites excluding steroid dienone is 3. The van der Waals surface area contributed by atoms with Crippen LogP contribution in [0, 0.1) is 18.8 Å². The molecule has 6 heteroatoms. The van der Waals surface area contributed by atoms with Crippen LogP contribution in [-0.2, 0) is 4.79 Å². The van der Waals surface area contributed by atoms with Crippen molar-refractivity contribution in [3.63, 3.8) is 0 Å². The van der Waals surface area contributed by atoms with E-state index in [4.69, 9.17) is 5.11 Å². The lowest BCUT2D eigenvalue weighted by molar-refractivity contribution is -0.105. The molecule has 0 spiro atoms. The van der Waals surface area contributed by atoms with Gasteiger partial charge in [0.15, 0.2) is 0 Å². The number of rotatable bonds is 6. The van der Waals surface area contributed by atoms with Gasteiger partial charge in [0.1, 0.15) is 12.0 Å². The summed E-state index contributed by atoms with van der Waals surface area (Å²) in [4.78, 5) is 16.2. The molecule has 3 aromatic rings. The topological polar surface area (TPSA) is 53.4 Å². The number of aliphatic hydroxyl groups excluding tert-OH is 1. The van der Waals surface area contributed by atoms with Gasteiger partial charge in [-0.25, -0.2) is 4.98 Å². The number of thiazole rings is 1. The minimum atomic E-state index is -0.602. The van der Waals surface area contributed by atoms with Crippen molar-refractivity contribution < 1.29 is 9.90 Å². The summed E-state index contributed by atoms with van der Waals surface area (Å²) in [5.74, 6) is 6.25. The monoisotopic (exact) mass is 532 g/mol. The van der Waals surface area contributed by atoms with Gasteiger partial charge < -0.3 is 9.78 Å². The molecule has 2 aromatic carbocycles. The molecule has 0 amide bonds. The molecule has 0 fully saturated rings. The van der Waals surface area contributed by atoms with Crippen molar-refractivity contribution in [1.82, 2.24) is 9.65 Å². The molecule has 0 bridgehead atoms. The molecule has 1 heterocycles. The summed E-state index contributed by atoms with van der Waals surface area (Å²) in [7, 11) is 0.398. The van der Waals surface area contributed by atoms with E-state index in [2.05, 4.69) is 91.4 Å². The van der Waals surface area contributed by atoms with Crippen molar-refractivity contribution in [3.05, 3.63) is 99.2 Å². The second-order valence-electron chi connectivity index (χ2n) is 8.37. The number of hydrogen-bond donors (Lipinski definition) is 1. The number of benzene rings is 2. The maximum Gasteiger partial charge on any atom is 0.148 e. The molecule has 1 unspecified atom stereocenters. The largest absolute Gasteiger partial charge is 0.400 e. The molecule has 4 nitrogen and oxygen atoms in total. The van der Waals surface area contributed by atoms with Gasteiger partial charge in [-0.05, 0) is 68.0 Å². The summed E-state index contributed by atoms with van der Waals surface area (Å²) in [5.41, 5.74) is 9.00. The zero-order valence-electron chi connectivity index (χ0n) is 22.8. The van der Waals surface area contributed by atoms with Crippen molar-refractivity contribution in [1.29, 1.82) is 0 Å². The molecule has 1 aliphatic carbocycles. The molecular weight excluding hydrogens is 495 g/mol. The number of aliphatic hydroxyl groups is 1. The van der Waals surface area contributed by atoms with Gasteiger partial charge in [-0.2, -0.15) is 0 Å². The van der Waals surface area contributed by atoms with Crippen molar-refractivity contribution in [2.45, 2.75) is 47.1 Å². The number of aryl methyl sites for hydroxylation is 1. The Labute approximate surface area is 227 Å². The number of hydrogen-bond acceptors (Lipinski definition) is 5. The summed E-state index contributed by atoms with van der Waals surface area (Å²) in [5, 5.41) is 10.3. The first-order valence-corrected chi connectivity index (χ1v) is 15.1. The first-order chi connectivity index (χ1) is 18.0. The first kappa shape index (κ1) is 30.2. The third kappa shape index (κ3) is 7.98. The number of nitrogens with zero attached hydrogens (tertiary/aromatic N) is 2. The van der Waals surface area contributed by atoms with Gasteiger partial charge in [0, 0.05) is 49.9 Å². The van der Waals surface area contributed by atoms with Crippen LogP contribution in [0.2, 0.25) is 0 Å². The zero-order chi connectivity index (χ0) is 27.4. The minimum Gasteiger partial charge on any atom is -0.400 e. The molecule has 0 aliphatic heterocycles. The molecule has 0 radical (unpaired) electrons. The maximum absolute atomic E-state index is 12.0. The molecule has 37 heavy (non-hydrogen) atoms. The number of aldehydes is 1. The van der Waals surface area contributed by atoms with Crippen LogP contribution in [0.1, 0.15) is 56.5 Å². The van der Waals surface area contributed by atoms with Crippen LogP contribution in [0.15, 0.2) is 76.8 Å². The van der Waals surface area contributed by atoms with Crippen LogP contribution < -0.4 is 5.30 Å². The Balaban J connectivity index is 0.00000115. The molecular formula is C31H37N2O2PS. The molecule has 194 valence electrons. The lowest BCUT2D eigenvalue weighted by atomic mass is 10.0. The summed E-state index contributed by atoms with van der Waals surface area (Å²) < 4.78 is 2.42. The van der Waals surface area contributed by atoms with Gasteiger partial charge >= 0.3 is 0 Å². The minimum absolute atomic E-state index is 0.284. The Hall–Kier alpha value is -3.03. The smallest absolute Gasteiger partial charge is 0.148 e. The van der Waals surface area contributed by atoms with Crippen molar-refractivity contribution in [3.8, 4) is 11.8 Å². The van der Waals surface area contributed by atoms with Crippen LogP contribution in [-0.4, -0.2) is 40.9 Å². The molecule has 0 saturated heterocycles. The normalized spacial score (nSPS) is 12.8. The Kier molecular flexibility index (Phi) is 12.5. The Morgan fingerprint density at radius 2 is 1.70 bits per heavy atom. The fourth-order valence-corrected chi connectivity index (χ4v) is 6.47. The van der Waals surface area contributed by atoms with Crippen LogP contribution in [0.4, 0.5) is 0 Å². The predicted octanol–water partition coefficient (Wildman–Crippen LogP) is 6.79. The summed E-state index contributed by atoms with van der Waals surface area (Å²) in [6, 6.07) is 17.3. The van der Waals surface area contributed by atoms with Crippen molar-refractivity contribution in [2.24, 2.45) is 0 Å². The highest BCUT2D eigenvalue weighted by Crippen LogP contribution is 2.45. The average molecular weight is 533 g/mol. The van der Waals surface area contributed by atoms with E-state index in [1.165, 1.54) is 16.4 Å². The van der Waals surface area contributed by atoms with Crippen LogP contribution in [0.3, 0.4) is 0 Å². The van der Waals surface area contributed by atoms with E-state index in [9.17, 15) is 4.79 Å². The highest BCUT2D eigenvalue weighted by Gasteiger charge is 2.27. The molecule has 1 atom stereocenters. The van der Waals surface area contributed by atoms with Gasteiger partial charge in [0.05, 0.1) is 5.51 Å². The fourth-order valence-electron chi connectivity index (χ4n) is 3.95. The van der Waals surface area contributed by atoms with E-state index in [0.717, 1.165) is 41.5 Å². The second-order valence-corrected chi connectivity index (χ2v) is 11.1. The highest BCUT2D eigenvalue weighted by atomic mass is 32.1. The summed E-state index contributed by atoms with van der Waals surface area (Å²) in [6.07, 6.45) is 3.88. The van der Waals surface area contributed by atoms with Gasteiger partial charge in [-0.1, -0.05) is 61.7 Å². The van der Waals surface area contributed by atoms with E-state index in [-0.39, 0.29) is 6.04 Å². The highest BCUT2D eigenvalue weighted by molar-refractivity contribution is 7.62. The lowest BCUT2D eigenvalue weighted by Crippen LogP contribution is -2.28. The fraction of sp³-hybridized carbons (Fsp3) is 0.290. The Morgan fingerprint density at radius 3 is 2.24 bits per heavy atom. The Bertz CT molecular complexity index is 1250. The van der Waals surface area contributed by atoms with E-state index in [1.54, 1.807) is 16.8 Å². The van der Waals surface area contributed by atoms with E-state index in [1.807, 2.05) is 31.4 Å². The standard InChI is InChI=1S/C28H27N2OPS.C2H6.CH4O/c1-20(2)30(32(4)27-13-5-21(3)6-14-27)28-16-24(15-25(28)17-31)23-10-7-22(8-11-23)9-12-26-18-33-19-29-26;2*1-2/h5-8,10-11,13-14,16-20H,15H2,1-4H3;1-2H3;2H,1H3. The summed E-state index contributed by atoms with van der Waals surface area (Å²) in [6.45, 7) is 12.8. The average Bonchev–Trinajstić information content (AvgIpc) is 3.61. The molecule has 4 rings (SSSR count). The molecule has 1 N–H and O–H groups in total. The van der Waals surface area contributed by atoms with Crippen molar-refractivity contribution >= 4 is 36.6 Å². The SMILES string of the molecule is CC.CO.Cc1ccc(P(C)N(C2=C(C=O)CC(c3ccc(C#Cc4cscn4)cc3)=C2)C(C)C)cc1. The first-order valence-electron chi connectivity index (χ1n) is 12.4. The lowest BCUT2D eigenvalue weighted by Gasteiger charge is -2.36. The number of carbonyl (C=O) groups is 1. The van der Waals surface area contributed by atoms with Gasteiger partial charge in [0.2, 0.25) is 0 Å². The summed E-state index contributed by atoms with van der Waals surface area (Å²) >= 11 is 1.54. The van der Waals surface area contributed by atoms with Gasteiger partial charge in [0.25, 0.3) is 0 Å². The maximum atomic E-state index is 12.0. The van der Waals surface area contributed by atoms with Crippen LogP contribution in [0.5, 0.6) is 0 Å². The Morgan fingerprint density at radius 1 is 1.05 bits per heavy atom. The third-order valence-corrected chi connectivity index (χ3v) is 8.61. The zero-order valence-corrected chi connectivity index (χ0v) is 24.5. The quantitative estimate of drug-likeness (QED) is 0.216. The van der Waals surface area contributed by atoms with E-state index < -0.39 is 8.07 Å². The van der Waals surface area contributed by atoms with E-state index in [0.29, 0.717) is 6.42 Å². The van der Waals surface area contributed by atoms with Crippen LogP contribution >= 0.6 is 19.4 Å². The second kappa shape index (κ2) is 15.3. The predicted molar refractivity (Wildman–Crippen MR) is 160 cm³/mol. The molecule has 0 saturated carbocycles. The van der Waals surface area contributed by atoms with E-state index >= 15 is 0 Å². The molecule has 1 aromatic heterocycles. The molecule has 1 aliphatic rings. The van der Waals surface area contributed by atoms with Crippen LogP contribution in [0.25, 0.3) is 5.57 Å². The number of carbonyl (C=O) groups excluding carboxylic acids is 1. The van der Waals surface area contributed by atoms with Crippen molar-refractivity contribution in [2.75, 3.05) is 13.8 Å². The van der Waals surface area contributed by atoms with Gasteiger partial charge in [-0.15, -0.1) is 11.3 Å². The van der Waals surface area contributed by atoms with Gasteiger partial charge in [-0.3, -0.25) is 4.79 Å². The number of aromatic nitrogens is 1.